The second-order valence-corrected chi connectivity index (χ2v) is 2.30. The molecular weight excluding hydrogens is 206 g/mol. The van der Waals surface area contributed by atoms with Crippen molar-refractivity contribution in [2.24, 2.45) is 0 Å². The van der Waals surface area contributed by atoms with Gasteiger partial charge >= 0.3 is 6.36 Å². The molecule has 1 aromatic rings. The molecule has 0 aliphatic carbocycles. The van der Waals surface area contributed by atoms with Crippen molar-refractivity contribution in [1.29, 1.82) is 0 Å². The highest BCUT2D eigenvalue weighted by Crippen LogP contribution is 2.30. The number of nitrogens with two attached hydrogens (primary N) is 2. The summed E-state index contributed by atoms with van der Waals surface area (Å²) in [5.74, 6) is -2.65. The van der Waals surface area contributed by atoms with Crippen molar-refractivity contribution < 1.29 is 22.3 Å². The van der Waals surface area contributed by atoms with Gasteiger partial charge in [-0.1, -0.05) is 0 Å². The summed E-state index contributed by atoms with van der Waals surface area (Å²) in [5.41, 5.74) is 9.10. The van der Waals surface area contributed by atoms with Crippen LogP contribution in [-0.2, 0) is 0 Å². The lowest BCUT2D eigenvalue weighted by molar-refractivity contribution is -0.274. The van der Waals surface area contributed by atoms with Gasteiger partial charge in [0.2, 0.25) is 5.95 Å². The predicted molar refractivity (Wildman–Crippen MR) is 39.7 cm³/mol. The van der Waals surface area contributed by atoms with Gasteiger partial charge in [0.25, 0.3) is 0 Å². The van der Waals surface area contributed by atoms with E-state index in [0.29, 0.717) is 6.07 Å². The van der Waals surface area contributed by atoms with Crippen LogP contribution in [0.15, 0.2) is 6.07 Å². The summed E-state index contributed by atoms with van der Waals surface area (Å²) < 4.78 is 51.2. The van der Waals surface area contributed by atoms with Gasteiger partial charge in [0, 0.05) is 6.07 Å². The van der Waals surface area contributed by atoms with Crippen molar-refractivity contribution in [1.82, 2.24) is 4.98 Å². The van der Waals surface area contributed by atoms with E-state index in [9.17, 15) is 17.6 Å². The number of rotatable bonds is 1. The maximum atomic E-state index is 12.7. The molecule has 0 unspecified atom stereocenters. The number of hydrogen-bond donors (Lipinski definition) is 2. The van der Waals surface area contributed by atoms with Crippen molar-refractivity contribution in [2.75, 3.05) is 11.5 Å². The Balaban J connectivity index is 3.09. The van der Waals surface area contributed by atoms with Gasteiger partial charge in [-0.15, -0.1) is 13.2 Å². The number of ether oxygens (including phenoxy) is 1. The molecule has 0 fully saturated rings. The molecule has 0 spiro atoms. The fourth-order valence-corrected chi connectivity index (χ4v) is 0.729. The summed E-state index contributed by atoms with van der Waals surface area (Å²) in [6.45, 7) is 0. The van der Waals surface area contributed by atoms with Crippen molar-refractivity contribution in [3.05, 3.63) is 12.0 Å². The third kappa shape index (κ3) is 2.38. The average molecular weight is 211 g/mol. The monoisotopic (exact) mass is 211 g/mol. The van der Waals surface area contributed by atoms with Crippen LogP contribution in [0.2, 0.25) is 0 Å². The van der Waals surface area contributed by atoms with Gasteiger partial charge in [0.15, 0.2) is 5.75 Å². The van der Waals surface area contributed by atoms with Gasteiger partial charge in [-0.05, 0) is 0 Å². The van der Waals surface area contributed by atoms with E-state index in [0.717, 1.165) is 0 Å². The molecule has 4 N–H and O–H groups in total. The van der Waals surface area contributed by atoms with Crippen molar-refractivity contribution >= 4 is 11.5 Å². The maximum Gasteiger partial charge on any atom is 0.573 e. The molecule has 78 valence electrons. The molecule has 1 rings (SSSR count). The highest BCUT2D eigenvalue weighted by Gasteiger charge is 2.32. The first-order valence-corrected chi connectivity index (χ1v) is 3.27. The van der Waals surface area contributed by atoms with E-state index in [4.69, 9.17) is 11.5 Å². The molecule has 0 amide bonds. The van der Waals surface area contributed by atoms with Crippen LogP contribution >= 0.6 is 0 Å². The minimum absolute atomic E-state index is 0.448. The Morgan fingerprint density at radius 1 is 1.29 bits per heavy atom. The maximum absolute atomic E-state index is 12.7. The molecule has 0 saturated carbocycles. The van der Waals surface area contributed by atoms with E-state index in [1.54, 1.807) is 0 Å². The van der Waals surface area contributed by atoms with Crippen molar-refractivity contribution in [3.63, 3.8) is 0 Å². The normalized spacial score (nSPS) is 11.4. The number of nitrogens with zero attached hydrogens (tertiary/aromatic N) is 1. The Hall–Kier alpha value is -1.73. The zero-order valence-corrected chi connectivity index (χ0v) is 6.60. The van der Waals surface area contributed by atoms with Crippen LogP contribution in [-0.4, -0.2) is 11.3 Å². The first-order valence-electron chi connectivity index (χ1n) is 3.27. The van der Waals surface area contributed by atoms with Crippen LogP contribution in [0.1, 0.15) is 0 Å². The first-order chi connectivity index (χ1) is 6.29. The summed E-state index contributed by atoms with van der Waals surface area (Å²) in [4.78, 5) is 3.00. The Morgan fingerprint density at radius 2 is 1.86 bits per heavy atom. The van der Waals surface area contributed by atoms with Crippen LogP contribution in [0.25, 0.3) is 0 Å². The van der Waals surface area contributed by atoms with Crippen LogP contribution in [0.4, 0.5) is 29.1 Å². The topological polar surface area (TPSA) is 74.2 Å². The number of nitrogen functional groups attached to an aromatic ring is 2. The molecule has 0 aliphatic heterocycles. The number of halogens is 4. The van der Waals surface area contributed by atoms with Crippen LogP contribution in [0.5, 0.6) is 5.75 Å². The highest BCUT2D eigenvalue weighted by atomic mass is 19.4. The SMILES string of the molecule is Nc1cc(OC(F)(F)F)c(N)c(F)n1. The molecule has 0 atom stereocenters. The second-order valence-electron chi connectivity index (χ2n) is 2.30. The van der Waals surface area contributed by atoms with E-state index in [1.165, 1.54) is 0 Å². The van der Waals surface area contributed by atoms with Crippen LogP contribution in [0, 0.1) is 5.95 Å². The Labute approximate surface area is 75.5 Å². The molecule has 1 aromatic heterocycles. The largest absolute Gasteiger partial charge is 0.573 e. The molecule has 0 radical (unpaired) electrons. The van der Waals surface area contributed by atoms with Gasteiger partial charge in [-0.3, -0.25) is 0 Å². The number of alkyl halides is 3. The lowest BCUT2D eigenvalue weighted by atomic mass is 10.3. The van der Waals surface area contributed by atoms with E-state index < -0.39 is 29.6 Å². The molecular formula is C6H5F4N3O. The number of anilines is 2. The van der Waals surface area contributed by atoms with Gasteiger partial charge in [0.1, 0.15) is 11.5 Å². The van der Waals surface area contributed by atoms with E-state index in [1.807, 2.05) is 0 Å². The second kappa shape index (κ2) is 3.20. The van der Waals surface area contributed by atoms with Gasteiger partial charge < -0.3 is 16.2 Å². The van der Waals surface area contributed by atoms with Crippen molar-refractivity contribution in [2.45, 2.75) is 6.36 Å². The van der Waals surface area contributed by atoms with Gasteiger partial charge in [-0.2, -0.15) is 4.39 Å². The molecule has 8 heteroatoms. The molecule has 4 nitrogen and oxygen atoms in total. The summed E-state index contributed by atoms with van der Waals surface area (Å²) in [7, 11) is 0. The minimum atomic E-state index is -4.95. The van der Waals surface area contributed by atoms with E-state index in [2.05, 4.69) is 9.72 Å². The van der Waals surface area contributed by atoms with Crippen molar-refractivity contribution in [3.8, 4) is 5.75 Å². The molecule has 14 heavy (non-hydrogen) atoms. The Bertz CT molecular complexity index is 352. The lowest BCUT2D eigenvalue weighted by Gasteiger charge is -2.11. The predicted octanol–water partition coefficient (Wildman–Crippen LogP) is 1.28. The smallest absolute Gasteiger partial charge is 0.403 e. The zero-order valence-electron chi connectivity index (χ0n) is 6.60. The van der Waals surface area contributed by atoms with E-state index >= 15 is 0 Å². The Kier molecular flexibility index (Phi) is 2.37. The summed E-state index contributed by atoms with van der Waals surface area (Å²) in [6, 6.07) is 0.686. The number of hydrogen-bond acceptors (Lipinski definition) is 4. The van der Waals surface area contributed by atoms with Crippen LogP contribution < -0.4 is 16.2 Å². The summed E-state index contributed by atoms with van der Waals surface area (Å²) in [6.07, 6.45) is -4.95. The molecule has 0 aromatic carbocycles. The van der Waals surface area contributed by atoms with Crippen LogP contribution in [0.3, 0.4) is 0 Å². The molecule has 0 bridgehead atoms. The average Bonchev–Trinajstić information content (AvgIpc) is 1.96. The summed E-state index contributed by atoms with van der Waals surface area (Å²) in [5, 5.41) is 0. The molecule has 0 saturated heterocycles. The fraction of sp³-hybridized carbons (Fsp3) is 0.167. The van der Waals surface area contributed by atoms with Gasteiger partial charge in [-0.25, -0.2) is 4.98 Å². The zero-order chi connectivity index (χ0) is 10.9. The third-order valence-corrected chi connectivity index (χ3v) is 1.22. The Morgan fingerprint density at radius 3 is 2.36 bits per heavy atom. The quantitative estimate of drug-likeness (QED) is 0.542. The lowest BCUT2D eigenvalue weighted by Crippen LogP contribution is -2.18. The number of aromatic nitrogens is 1. The fourth-order valence-electron chi connectivity index (χ4n) is 0.729. The standard InChI is InChI=1S/C6H5F4N3O/c7-5-4(12)2(1-3(11)13-5)14-6(8,9)10/h1H,12H2,(H2,11,13). The van der Waals surface area contributed by atoms with E-state index in [-0.39, 0.29) is 0 Å². The minimum Gasteiger partial charge on any atom is -0.403 e. The number of pyridine rings is 1. The first kappa shape index (κ1) is 10.4. The third-order valence-electron chi connectivity index (χ3n) is 1.22. The summed E-state index contributed by atoms with van der Waals surface area (Å²) >= 11 is 0. The molecule has 1 heterocycles. The van der Waals surface area contributed by atoms with Gasteiger partial charge in [0.05, 0.1) is 0 Å². The molecule has 0 aliphatic rings. The highest BCUT2D eigenvalue weighted by molar-refractivity contribution is 5.56.